The highest BCUT2D eigenvalue weighted by Crippen LogP contribution is 2.25. The van der Waals surface area contributed by atoms with Crippen molar-refractivity contribution in [2.45, 2.75) is 38.7 Å². The smallest absolute Gasteiger partial charge is 0.255 e. The summed E-state index contributed by atoms with van der Waals surface area (Å²) in [5.41, 5.74) is 7.49. The van der Waals surface area contributed by atoms with E-state index in [9.17, 15) is 9.59 Å². The fourth-order valence-corrected chi connectivity index (χ4v) is 3.14. The molecule has 0 spiro atoms. The van der Waals surface area contributed by atoms with Crippen molar-refractivity contribution in [2.24, 2.45) is 5.73 Å². The van der Waals surface area contributed by atoms with Gasteiger partial charge in [0.15, 0.2) is 0 Å². The Balaban J connectivity index is 1.75. The van der Waals surface area contributed by atoms with Gasteiger partial charge in [0.25, 0.3) is 5.91 Å². The highest BCUT2D eigenvalue weighted by Gasteiger charge is 2.17. The summed E-state index contributed by atoms with van der Waals surface area (Å²) >= 11 is 0. The number of primary amides is 1. The maximum absolute atomic E-state index is 12.6. The van der Waals surface area contributed by atoms with Crippen LogP contribution >= 0.6 is 0 Å². The molecule has 1 saturated carbocycles. The SMILES string of the molecule is Cc1c(NC(=O)c2cccc(OC3CCCC3)c2)cccc1C(N)=O. The van der Waals surface area contributed by atoms with Gasteiger partial charge in [0, 0.05) is 16.8 Å². The fourth-order valence-electron chi connectivity index (χ4n) is 3.14. The lowest BCUT2D eigenvalue weighted by Gasteiger charge is -2.14. The molecule has 1 fully saturated rings. The summed E-state index contributed by atoms with van der Waals surface area (Å²) in [4.78, 5) is 24.0. The summed E-state index contributed by atoms with van der Waals surface area (Å²) in [7, 11) is 0. The average molecular weight is 338 g/mol. The van der Waals surface area contributed by atoms with Crippen molar-refractivity contribution in [3.05, 3.63) is 59.2 Å². The Bertz CT molecular complexity index is 795. The third-order valence-electron chi connectivity index (χ3n) is 4.55. The molecule has 5 nitrogen and oxygen atoms in total. The maximum Gasteiger partial charge on any atom is 0.255 e. The van der Waals surface area contributed by atoms with Crippen LogP contribution in [0.3, 0.4) is 0 Å². The molecule has 3 N–H and O–H groups in total. The molecule has 0 saturated heterocycles. The van der Waals surface area contributed by atoms with Crippen molar-refractivity contribution in [3.8, 4) is 5.75 Å². The largest absolute Gasteiger partial charge is 0.490 e. The van der Waals surface area contributed by atoms with E-state index in [0.29, 0.717) is 28.1 Å². The van der Waals surface area contributed by atoms with E-state index < -0.39 is 5.91 Å². The van der Waals surface area contributed by atoms with E-state index in [2.05, 4.69) is 5.32 Å². The Morgan fingerprint density at radius 1 is 1.12 bits per heavy atom. The lowest BCUT2D eigenvalue weighted by molar-refractivity contribution is 0.0995. The van der Waals surface area contributed by atoms with Crippen LogP contribution in [0.1, 0.15) is 52.0 Å². The quantitative estimate of drug-likeness (QED) is 0.873. The molecule has 0 aromatic heterocycles. The molecule has 130 valence electrons. The highest BCUT2D eigenvalue weighted by molar-refractivity contribution is 6.06. The van der Waals surface area contributed by atoms with Gasteiger partial charge in [-0.1, -0.05) is 12.1 Å². The van der Waals surface area contributed by atoms with Crippen LogP contribution in [0.4, 0.5) is 5.69 Å². The molecule has 0 aliphatic heterocycles. The molecule has 5 heteroatoms. The number of ether oxygens (including phenoxy) is 1. The zero-order valence-corrected chi connectivity index (χ0v) is 14.2. The molecule has 2 aromatic rings. The Labute approximate surface area is 147 Å². The van der Waals surface area contributed by atoms with Crippen molar-refractivity contribution in [1.82, 2.24) is 0 Å². The average Bonchev–Trinajstić information content (AvgIpc) is 3.09. The summed E-state index contributed by atoms with van der Waals surface area (Å²) in [6, 6.07) is 12.3. The standard InChI is InChI=1S/C20H22N2O3/c1-13-17(19(21)23)10-5-11-18(13)22-20(24)14-6-4-9-16(12-14)25-15-7-2-3-8-15/h4-6,9-12,15H,2-3,7-8H2,1H3,(H2,21,23)(H,22,24). The van der Waals surface area contributed by atoms with Gasteiger partial charge >= 0.3 is 0 Å². The number of anilines is 1. The van der Waals surface area contributed by atoms with E-state index in [1.54, 1.807) is 37.3 Å². The number of carbonyl (C=O) groups is 2. The predicted molar refractivity (Wildman–Crippen MR) is 97.0 cm³/mol. The number of nitrogens with one attached hydrogen (secondary N) is 1. The second kappa shape index (κ2) is 7.38. The van der Waals surface area contributed by atoms with Crippen molar-refractivity contribution < 1.29 is 14.3 Å². The molecule has 1 aliphatic rings. The first-order valence-corrected chi connectivity index (χ1v) is 8.52. The topological polar surface area (TPSA) is 81.4 Å². The Morgan fingerprint density at radius 2 is 1.84 bits per heavy atom. The van der Waals surface area contributed by atoms with Crippen LogP contribution in [0.25, 0.3) is 0 Å². The van der Waals surface area contributed by atoms with Crippen molar-refractivity contribution in [3.63, 3.8) is 0 Å². The van der Waals surface area contributed by atoms with Crippen molar-refractivity contribution in [2.75, 3.05) is 5.32 Å². The van der Waals surface area contributed by atoms with E-state index in [0.717, 1.165) is 12.8 Å². The minimum absolute atomic E-state index is 0.243. The van der Waals surface area contributed by atoms with Crippen LogP contribution in [0.15, 0.2) is 42.5 Å². The second-order valence-electron chi connectivity index (χ2n) is 6.35. The van der Waals surface area contributed by atoms with Crippen molar-refractivity contribution >= 4 is 17.5 Å². The number of amides is 2. The van der Waals surface area contributed by atoms with Gasteiger partial charge in [-0.05, 0) is 68.5 Å². The van der Waals surface area contributed by atoms with Crippen LogP contribution in [0, 0.1) is 6.92 Å². The molecule has 1 aliphatic carbocycles. The van der Waals surface area contributed by atoms with E-state index in [1.807, 2.05) is 12.1 Å². The van der Waals surface area contributed by atoms with Crippen LogP contribution in [-0.4, -0.2) is 17.9 Å². The molecular formula is C20H22N2O3. The molecule has 0 radical (unpaired) electrons. The van der Waals surface area contributed by atoms with Gasteiger partial charge in [0.1, 0.15) is 5.75 Å². The monoisotopic (exact) mass is 338 g/mol. The summed E-state index contributed by atoms with van der Waals surface area (Å²) in [6.07, 6.45) is 4.76. The van der Waals surface area contributed by atoms with Gasteiger partial charge in [0.2, 0.25) is 5.91 Å². The van der Waals surface area contributed by atoms with Gasteiger partial charge in [-0.3, -0.25) is 9.59 Å². The minimum Gasteiger partial charge on any atom is -0.490 e. The summed E-state index contributed by atoms with van der Waals surface area (Å²) in [5, 5.41) is 2.84. The predicted octanol–water partition coefficient (Wildman–Crippen LogP) is 3.67. The molecule has 25 heavy (non-hydrogen) atoms. The summed E-state index contributed by atoms with van der Waals surface area (Å²) < 4.78 is 5.95. The second-order valence-corrected chi connectivity index (χ2v) is 6.35. The molecule has 0 unspecified atom stereocenters. The first-order chi connectivity index (χ1) is 12.0. The fraction of sp³-hybridized carbons (Fsp3) is 0.300. The molecule has 0 heterocycles. The van der Waals surface area contributed by atoms with Crippen LogP contribution < -0.4 is 15.8 Å². The lowest BCUT2D eigenvalue weighted by Crippen LogP contribution is -2.17. The number of benzene rings is 2. The van der Waals surface area contributed by atoms with Crippen molar-refractivity contribution in [1.29, 1.82) is 0 Å². The van der Waals surface area contributed by atoms with E-state index in [1.165, 1.54) is 12.8 Å². The zero-order valence-electron chi connectivity index (χ0n) is 14.2. The normalized spacial score (nSPS) is 14.3. The molecule has 2 aromatic carbocycles. The van der Waals surface area contributed by atoms with Crippen LogP contribution in [0.2, 0.25) is 0 Å². The number of hydrogen-bond donors (Lipinski definition) is 2. The van der Waals surface area contributed by atoms with Crippen LogP contribution in [0.5, 0.6) is 5.75 Å². The third kappa shape index (κ3) is 3.99. The lowest BCUT2D eigenvalue weighted by atomic mass is 10.1. The third-order valence-corrected chi connectivity index (χ3v) is 4.55. The Kier molecular flexibility index (Phi) is 5.03. The number of carbonyl (C=O) groups excluding carboxylic acids is 2. The van der Waals surface area contributed by atoms with Gasteiger partial charge in [-0.25, -0.2) is 0 Å². The van der Waals surface area contributed by atoms with Gasteiger partial charge < -0.3 is 15.8 Å². The highest BCUT2D eigenvalue weighted by atomic mass is 16.5. The molecule has 2 amide bonds. The van der Waals surface area contributed by atoms with Gasteiger partial charge in [-0.2, -0.15) is 0 Å². The Hall–Kier alpha value is -2.82. The number of rotatable bonds is 5. The summed E-state index contributed by atoms with van der Waals surface area (Å²) in [6.45, 7) is 1.76. The van der Waals surface area contributed by atoms with Crippen LogP contribution in [-0.2, 0) is 0 Å². The van der Waals surface area contributed by atoms with Gasteiger partial charge in [0.05, 0.1) is 6.10 Å². The van der Waals surface area contributed by atoms with Gasteiger partial charge in [-0.15, -0.1) is 0 Å². The summed E-state index contributed by atoms with van der Waals surface area (Å²) in [5.74, 6) is -0.0516. The molecule has 3 rings (SSSR count). The molecular weight excluding hydrogens is 316 g/mol. The first kappa shape index (κ1) is 17.0. The maximum atomic E-state index is 12.6. The van der Waals surface area contributed by atoms with E-state index >= 15 is 0 Å². The molecule has 0 atom stereocenters. The minimum atomic E-state index is -0.513. The Morgan fingerprint density at radius 3 is 2.56 bits per heavy atom. The molecule has 0 bridgehead atoms. The zero-order chi connectivity index (χ0) is 17.8. The first-order valence-electron chi connectivity index (χ1n) is 8.52. The van der Waals surface area contributed by atoms with E-state index in [-0.39, 0.29) is 12.0 Å². The number of nitrogens with two attached hydrogens (primary N) is 1. The number of hydrogen-bond acceptors (Lipinski definition) is 3. The van der Waals surface area contributed by atoms with E-state index in [4.69, 9.17) is 10.5 Å².